The van der Waals surface area contributed by atoms with Gasteiger partial charge in [0.25, 0.3) is 10.1 Å². The number of carbonyl (C=O) groups is 1. The summed E-state index contributed by atoms with van der Waals surface area (Å²) in [6.07, 6.45) is 0. The fourth-order valence-electron chi connectivity index (χ4n) is 1.62. The standard InChI is InChI=1S/C13H10O4S.Na.H/c14-13(10-6-2-1-3-7-10)11-8-4-5-9-12(11)18(15,16)17;;/h1-9H,(H,15,16,17);;/q;+1;-1. The van der Waals surface area contributed by atoms with Crippen molar-refractivity contribution in [2.75, 3.05) is 0 Å². The molecule has 94 valence electrons. The first-order valence-corrected chi connectivity index (χ1v) is 6.60. The van der Waals surface area contributed by atoms with E-state index in [0.717, 1.165) is 0 Å². The van der Waals surface area contributed by atoms with Crippen molar-refractivity contribution in [3.8, 4) is 0 Å². The van der Waals surface area contributed by atoms with E-state index in [1.54, 1.807) is 36.4 Å². The number of rotatable bonds is 3. The Labute approximate surface area is 135 Å². The van der Waals surface area contributed by atoms with E-state index in [-0.39, 0.29) is 41.4 Å². The van der Waals surface area contributed by atoms with Gasteiger partial charge in [0, 0.05) is 11.1 Å². The Morgan fingerprint density at radius 3 is 2.05 bits per heavy atom. The van der Waals surface area contributed by atoms with Crippen LogP contribution in [-0.2, 0) is 10.1 Å². The summed E-state index contributed by atoms with van der Waals surface area (Å²) < 4.78 is 31.5. The molecule has 4 nitrogen and oxygen atoms in total. The average molecular weight is 286 g/mol. The molecule has 0 saturated heterocycles. The molecule has 0 amide bonds. The van der Waals surface area contributed by atoms with Gasteiger partial charge in [-0.3, -0.25) is 9.35 Å². The van der Waals surface area contributed by atoms with Gasteiger partial charge in [-0.1, -0.05) is 42.5 Å². The monoisotopic (exact) mass is 286 g/mol. The summed E-state index contributed by atoms with van der Waals surface area (Å²) >= 11 is 0. The Bertz CT molecular complexity index is 687. The van der Waals surface area contributed by atoms with E-state index >= 15 is 0 Å². The van der Waals surface area contributed by atoms with Crippen LogP contribution in [0.3, 0.4) is 0 Å². The van der Waals surface area contributed by atoms with Crippen LogP contribution >= 0.6 is 0 Å². The Hall–Kier alpha value is -0.980. The first-order valence-electron chi connectivity index (χ1n) is 5.16. The molecule has 0 fully saturated rings. The molecule has 0 aliphatic heterocycles. The third-order valence-corrected chi connectivity index (χ3v) is 3.36. The predicted molar refractivity (Wildman–Crippen MR) is 67.2 cm³/mol. The van der Waals surface area contributed by atoms with Gasteiger partial charge in [-0.05, 0) is 12.1 Å². The molecule has 0 bridgehead atoms. The maximum atomic E-state index is 12.1. The molecule has 0 spiro atoms. The number of carbonyl (C=O) groups excluding carboxylic acids is 1. The number of ketones is 1. The molecule has 0 unspecified atom stereocenters. The molecule has 2 aromatic carbocycles. The van der Waals surface area contributed by atoms with Crippen molar-refractivity contribution in [2.24, 2.45) is 0 Å². The Morgan fingerprint density at radius 1 is 0.947 bits per heavy atom. The largest absolute Gasteiger partial charge is 1.00 e. The van der Waals surface area contributed by atoms with Crippen LogP contribution in [0.4, 0.5) is 0 Å². The summed E-state index contributed by atoms with van der Waals surface area (Å²) in [4.78, 5) is 11.8. The zero-order valence-electron chi connectivity index (χ0n) is 11.3. The minimum Gasteiger partial charge on any atom is -1.00 e. The Kier molecular flexibility index (Phi) is 5.46. The normalized spacial score (nSPS) is 10.6. The van der Waals surface area contributed by atoms with Gasteiger partial charge >= 0.3 is 29.6 Å². The number of hydrogen-bond donors (Lipinski definition) is 1. The Balaban J connectivity index is 0.00000180. The topological polar surface area (TPSA) is 71.4 Å². The summed E-state index contributed by atoms with van der Waals surface area (Å²) in [6, 6.07) is 13.9. The van der Waals surface area contributed by atoms with Crippen molar-refractivity contribution in [1.82, 2.24) is 0 Å². The quantitative estimate of drug-likeness (QED) is 0.459. The van der Waals surface area contributed by atoms with Crippen molar-refractivity contribution >= 4 is 15.9 Å². The molecule has 19 heavy (non-hydrogen) atoms. The van der Waals surface area contributed by atoms with E-state index in [1.807, 2.05) is 0 Å². The van der Waals surface area contributed by atoms with Crippen LogP contribution in [0.1, 0.15) is 17.3 Å². The van der Waals surface area contributed by atoms with Gasteiger partial charge in [0.05, 0.1) is 0 Å². The molecular formula is C13H11NaO4S. The zero-order chi connectivity index (χ0) is 13.2. The maximum absolute atomic E-state index is 12.1. The van der Waals surface area contributed by atoms with E-state index in [1.165, 1.54) is 18.2 Å². The first kappa shape index (κ1) is 16.1. The van der Waals surface area contributed by atoms with Crippen molar-refractivity contribution in [2.45, 2.75) is 4.90 Å². The fourth-order valence-corrected chi connectivity index (χ4v) is 2.31. The smallest absolute Gasteiger partial charge is 1.00 e. The van der Waals surface area contributed by atoms with Gasteiger partial charge in [-0.25, -0.2) is 0 Å². The number of benzene rings is 2. The summed E-state index contributed by atoms with van der Waals surface area (Å²) in [7, 11) is -4.41. The van der Waals surface area contributed by atoms with Crippen LogP contribution in [0.15, 0.2) is 59.5 Å². The van der Waals surface area contributed by atoms with Crippen LogP contribution < -0.4 is 29.6 Å². The average Bonchev–Trinajstić information content (AvgIpc) is 2.38. The van der Waals surface area contributed by atoms with Gasteiger partial charge in [0.2, 0.25) is 0 Å². The molecule has 0 saturated carbocycles. The molecule has 0 radical (unpaired) electrons. The molecule has 2 rings (SSSR count). The van der Waals surface area contributed by atoms with Gasteiger partial charge in [-0.15, -0.1) is 0 Å². The molecule has 0 atom stereocenters. The molecule has 2 aromatic rings. The summed E-state index contributed by atoms with van der Waals surface area (Å²) in [5, 5.41) is 0. The SMILES string of the molecule is O=C(c1ccccc1)c1ccccc1S(=O)(=O)O.[H-].[Na+]. The molecule has 0 aromatic heterocycles. The molecule has 0 aliphatic carbocycles. The van der Waals surface area contributed by atoms with E-state index in [0.29, 0.717) is 5.56 Å². The summed E-state index contributed by atoms with van der Waals surface area (Å²) in [5.74, 6) is -0.441. The van der Waals surface area contributed by atoms with E-state index in [9.17, 15) is 13.2 Å². The van der Waals surface area contributed by atoms with Crippen LogP contribution in [-0.4, -0.2) is 18.8 Å². The maximum Gasteiger partial charge on any atom is 1.00 e. The predicted octanol–water partition coefficient (Wildman–Crippen LogP) is -0.719. The second-order valence-corrected chi connectivity index (χ2v) is 5.06. The second kappa shape index (κ2) is 6.45. The van der Waals surface area contributed by atoms with Crippen molar-refractivity contribution < 1.29 is 48.7 Å². The number of hydrogen-bond acceptors (Lipinski definition) is 3. The fraction of sp³-hybridized carbons (Fsp3) is 0. The van der Waals surface area contributed by atoms with Gasteiger partial charge in [0.15, 0.2) is 5.78 Å². The van der Waals surface area contributed by atoms with E-state index < -0.39 is 15.9 Å². The van der Waals surface area contributed by atoms with Crippen molar-refractivity contribution in [3.05, 3.63) is 65.7 Å². The van der Waals surface area contributed by atoms with E-state index in [2.05, 4.69) is 0 Å². The van der Waals surface area contributed by atoms with Gasteiger partial charge in [0.1, 0.15) is 4.90 Å². The second-order valence-electron chi connectivity index (χ2n) is 3.67. The molecular weight excluding hydrogens is 275 g/mol. The van der Waals surface area contributed by atoms with Crippen LogP contribution in [0.2, 0.25) is 0 Å². The third-order valence-electron chi connectivity index (χ3n) is 2.45. The van der Waals surface area contributed by atoms with Crippen molar-refractivity contribution in [3.63, 3.8) is 0 Å². The van der Waals surface area contributed by atoms with Crippen molar-refractivity contribution in [1.29, 1.82) is 0 Å². The minimum atomic E-state index is -4.41. The molecule has 0 heterocycles. The third kappa shape index (κ3) is 3.75. The minimum absolute atomic E-state index is 0. The summed E-state index contributed by atoms with van der Waals surface area (Å²) in [6.45, 7) is 0. The van der Waals surface area contributed by atoms with Gasteiger partial charge < -0.3 is 1.43 Å². The Morgan fingerprint density at radius 2 is 1.47 bits per heavy atom. The first-order chi connectivity index (χ1) is 8.50. The van der Waals surface area contributed by atoms with Crippen LogP contribution in [0.25, 0.3) is 0 Å². The molecule has 0 aliphatic rings. The van der Waals surface area contributed by atoms with Crippen LogP contribution in [0.5, 0.6) is 0 Å². The molecule has 1 N–H and O–H groups in total. The van der Waals surface area contributed by atoms with E-state index in [4.69, 9.17) is 4.55 Å². The molecule has 6 heteroatoms. The zero-order valence-corrected chi connectivity index (χ0v) is 13.1. The van der Waals surface area contributed by atoms with Gasteiger partial charge in [-0.2, -0.15) is 8.42 Å². The van der Waals surface area contributed by atoms with Crippen LogP contribution in [0, 0.1) is 0 Å². The summed E-state index contributed by atoms with van der Waals surface area (Å²) in [5.41, 5.74) is 0.333.